The topological polar surface area (TPSA) is 64.3 Å². The van der Waals surface area contributed by atoms with Gasteiger partial charge in [0, 0.05) is 12.1 Å². The van der Waals surface area contributed by atoms with Crippen molar-refractivity contribution in [2.45, 2.75) is 46.2 Å². The number of rotatable bonds is 7. The fraction of sp³-hybridized carbons (Fsp3) is 0.562. The summed E-state index contributed by atoms with van der Waals surface area (Å²) < 4.78 is 5.46. The number of hydrogen-bond donors (Lipinski definition) is 2. The molecule has 1 amide bonds. The Balaban J connectivity index is 2.44. The third-order valence-corrected chi connectivity index (χ3v) is 3.51. The Morgan fingerprint density at radius 3 is 2.35 bits per heavy atom. The van der Waals surface area contributed by atoms with Crippen LogP contribution in [0.4, 0.5) is 0 Å². The first-order valence-electron chi connectivity index (χ1n) is 7.21. The van der Waals surface area contributed by atoms with Crippen LogP contribution in [0, 0.1) is 5.92 Å². The molecule has 0 saturated heterocycles. The number of nitrogens with two attached hydrogens (primary N) is 1. The third kappa shape index (κ3) is 5.21. The quantitative estimate of drug-likeness (QED) is 0.806. The van der Waals surface area contributed by atoms with E-state index >= 15 is 0 Å². The molecule has 1 rings (SSSR count). The number of benzene rings is 1. The van der Waals surface area contributed by atoms with Gasteiger partial charge in [0.25, 0.3) is 5.91 Å². The maximum absolute atomic E-state index is 11.7. The van der Waals surface area contributed by atoms with Crippen LogP contribution in [0.3, 0.4) is 0 Å². The van der Waals surface area contributed by atoms with Crippen LogP contribution in [0.2, 0.25) is 0 Å². The Bertz CT molecular complexity index is 415. The SMILES string of the molecule is CC[C@@H](N)c1ccc(OCC(=O)NC(C)C(C)C)cc1. The second kappa shape index (κ2) is 7.90. The standard InChI is InChI=1S/C16H26N2O2/c1-5-15(17)13-6-8-14(9-7-13)20-10-16(19)18-12(4)11(2)3/h6-9,11-12,15H,5,10,17H2,1-4H3,(H,18,19)/t12?,15-/m1/s1. The number of ether oxygens (including phenoxy) is 1. The fourth-order valence-corrected chi connectivity index (χ4v) is 1.66. The molecule has 0 saturated carbocycles. The zero-order chi connectivity index (χ0) is 15.1. The van der Waals surface area contributed by atoms with Gasteiger partial charge < -0.3 is 15.8 Å². The maximum atomic E-state index is 11.7. The second-order valence-corrected chi connectivity index (χ2v) is 5.47. The Labute approximate surface area is 121 Å². The Hall–Kier alpha value is -1.55. The van der Waals surface area contributed by atoms with Crippen LogP contribution in [0.15, 0.2) is 24.3 Å². The maximum Gasteiger partial charge on any atom is 0.258 e. The van der Waals surface area contributed by atoms with Gasteiger partial charge in [-0.2, -0.15) is 0 Å². The average Bonchev–Trinajstić information content (AvgIpc) is 2.44. The summed E-state index contributed by atoms with van der Waals surface area (Å²) in [6.07, 6.45) is 0.899. The summed E-state index contributed by atoms with van der Waals surface area (Å²) in [6, 6.07) is 7.79. The smallest absolute Gasteiger partial charge is 0.258 e. The Morgan fingerprint density at radius 1 is 1.25 bits per heavy atom. The first-order valence-corrected chi connectivity index (χ1v) is 7.21. The van der Waals surface area contributed by atoms with Crippen molar-refractivity contribution in [2.24, 2.45) is 11.7 Å². The molecule has 4 nitrogen and oxygen atoms in total. The molecule has 3 N–H and O–H groups in total. The molecule has 0 aromatic heterocycles. The third-order valence-electron chi connectivity index (χ3n) is 3.51. The zero-order valence-corrected chi connectivity index (χ0v) is 12.8. The van der Waals surface area contributed by atoms with Gasteiger partial charge >= 0.3 is 0 Å². The highest BCUT2D eigenvalue weighted by atomic mass is 16.5. The molecule has 112 valence electrons. The molecule has 4 heteroatoms. The van der Waals surface area contributed by atoms with E-state index in [1.807, 2.05) is 31.2 Å². The fourth-order valence-electron chi connectivity index (χ4n) is 1.66. The number of carbonyl (C=O) groups is 1. The van der Waals surface area contributed by atoms with Crippen LogP contribution >= 0.6 is 0 Å². The van der Waals surface area contributed by atoms with E-state index < -0.39 is 0 Å². The van der Waals surface area contributed by atoms with Crippen LogP contribution in [-0.2, 0) is 4.79 Å². The molecule has 1 aromatic carbocycles. The minimum Gasteiger partial charge on any atom is -0.484 e. The number of nitrogens with one attached hydrogen (secondary N) is 1. The van der Waals surface area contributed by atoms with E-state index in [1.54, 1.807) is 0 Å². The van der Waals surface area contributed by atoms with Crippen molar-refractivity contribution < 1.29 is 9.53 Å². The predicted octanol–water partition coefficient (Wildman–Crippen LogP) is 2.64. The molecule has 1 unspecified atom stereocenters. The summed E-state index contributed by atoms with van der Waals surface area (Å²) >= 11 is 0. The molecular weight excluding hydrogens is 252 g/mol. The van der Waals surface area contributed by atoms with E-state index in [0.29, 0.717) is 11.7 Å². The van der Waals surface area contributed by atoms with Gasteiger partial charge in [0.2, 0.25) is 0 Å². The van der Waals surface area contributed by atoms with Crippen molar-refractivity contribution in [3.05, 3.63) is 29.8 Å². The van der Waals surface area contributed by atoms with Gasteiger partial charge in [0.05, 0.1) is 0 Å². The Morgan fingerprint density at radius 2 is 1.85 bits per heavy atom. The van der Waals surface area contributed by atoms with E-state index in [1.165, 1.54) is 0 Å². The molecule has 0 bridgehead atoms. The van der Waals surface area contributed by atoms with E-state index in [-0.39, 0.29) is 24.6 Å². The van der Waals surface area contributed by atoms with E-state index in [0.717, 1.165) is 12.0 Å². The van der Waals surface area contributed by atoms with Crippen LogP contribution in [0.1, 0.15) is 45.7 Å². The highest BCUT2D eigenvalue weighted by Crippen LogP contribution is 2.18. The first kappa shape index (κ1) is 16.5. The van der Waals surface area contributed by atoms with E-state index in [4.69, 9.17) is 10.5 Å². The minimum atomic E-state index is -0.0967. The highest BCUT2D eigenvalue weighted by Gasteiger charge is 2.11. The molecule has 2 atom stereocenters. The molecule has 0 radical (unpaired) electrons. The largest absolute Gasteiger partial charge is 0.484 e. The van der Waals surface area contributed by atoms with Crippen LogP contribution in [0.25, 0.3) is 0 Å². The zero-order valence-electron chi connectivity index (χ0n) is 12.8. The molecule has 0 aliphatic rings. The molecule has 20 heavy (non-hydrogen) atoms. The summed E-state index contributed by atoms with van der Waals surface area (Å²) in [4.78, 5) is 11.7. The number of hydrogen-bond acceptors (Lipinski definition) is 3. The first-order chi connectivity index (χ1) is 9.43. The van der Waals surface area contributed by atoms with Gasteiger partial charge in [0.15, 0.2) is 6.61 Å². The van der Waals surface area contributed by atoms with Crippen molar-refractivity contribution in [2.75, 3.05) is 6.61 Å². The normalized spacial score (nSPS) is 13.9. The van der Waals surface area contributed by atoms with Crippen molar-refractivity contribution in [3.8, 4) is 5.75 Å². The lowest BCUT2D eigenvalue weighted by atomic mass is 10.1. The van der Waals surface area contributed by atoms with Gasteiger partial charge in [-0.3, -0.25) is 4.79 Å². The summed E-state index contributed by atoms with van der Waals surface area (Å²) in [5, 5.41) is 2.90. The summed E-state index contributed by atoms with van der Waals surface area (Å²) in [5.41, 5.74) is 7.03. The van der Waals surface area contributed by atoms with Crippen molar-refractivity contribution in [3.63, 3.8) is 0 Å². The van der Waals surface area contributed by atoms with Crippen LogP contribution in [0.5, 0.6) is 5.75 Å². The van der Waals surface area contributed by atoms with Crippen molar-refractivity contribution >= 4 is 5.91 Å². The molecule has 1 aromatic rings. The van der Waals surface area contributed by atoms with Crippen molar-refractivity contribution in [1.82, 2.24) is 5.32 Å². The molecule has 0 fully saturated rings. The number of amides is 1. The minimum absolute atomic E-state index is 0.0379. The van der Waals surface area contributed by atoms with E-state index in [9.17, 15) is 4.79 Å². The summed E-state index contributed by atoms with van der Waals surface area (Å²) in [6.45, 7) is 8.22. The molecule has 0 spiro atoms. The number of carbonyl (C=O) groups excluding carboxylic acids is 1. The van der Waals surface area contributed by atoms with Gasteiger partial charge in [-0.15, -0.1) is 0 Å². The summed E-state index contributed by atoms with van der Waals surface area (Å²) in [7, 11) is 0. The Kier molecular flexibility index (Phi) is 6.52. The van der Waals surface area contributed by atoms with Gasteiger partial charge in [-0.05, 0) is 37.0 Å². The van der Waals surface area contributed by atoms with Gasteiger partial charge in [-0.1, -0.05) is 32.9 Å². The van der Waals surface area contributed by atoms with Crippen LogP contribution < -0.4 is 15.8 Å². The lowest BCUT2D eigenvalue weighted by Gasteiger charge is -2.17. The van der Waals surface area contributed by atoms with Crippen LogP contribution in [-0.4, -0.2) is 18.6 Å². The summed E-state index contributed by atoms with van der Waals surface area (Å²) in [5.74, 6) is 0.999. The lowest BCUT2D eigenvalue weighted by Crippen LogP contribution is -2.38. The monoisotopic (exact) mass is 278 g/mol. The molecule has 0 aliphatic heterocycles. The second-order valence-electron chi connectivity index (χ2n) is 5.47. The molecule has 0 heterocycles. The average molecular weight is 278 g/mol. The van der Waals surface area contributed by atoms with E-state index in [2.05, 4.69) is 26.1 Å². The van der Waals surface area contributed by atoms with Gasteiger partial charge in [0.1, 0.15) is 5.75 Å². The highest BCUT2D eigenvalue weighted by molar-refractivity contribution is 5.77. The molecule has 0 aliphatic carbocycles. The van der Waals surface area contributed by atoms with Crippen molar-refractivity contribution in [1.29, 1.82) is 0 Å². The molecular formula is C16H26N2O2. The predicted molar refractivity (Wildman–Crippen MR) is 81.6 cm³/mol. The van der Waals surface area contributed by atoms with Gasteiger partial charge in [-0.25, -0.2) is 0 Å². The lowest BCUT2D eigenvalue weighted by molar-refractivity contribution is -0.124.